The summed E-state index contributed by atoms with van der Waals surface area (Å²) in [5.74, 6) is 2.23. The number of benzene rings is 1. The molecule has 0 unspecified atom stereocenters. The van der Waals surface area contributed by atoms with E-state index in [4.69, 9.17) is 16.0 Å². The molecule has 0 aliphatic carbocycles. The van der Waals surface area contributed by atoms with Crippen molar-refractivity contribution in [3.05, 3.63) is 52.7 Å². The highest BCUT2D eigenvalue weighted by atomic mass is 127. The first kappa shape index (κ1) is 22.8. The molecule has 0 aliphatic heterocycles. The lowest BCUT2D eigenvalue weighted by Gasteiger charge is -2.13. The number of hydrogen-bond donors (Lipinski definition) is 2. The summed E-state index contributed by atoms with van der Waals surface area (Å²) in [5.41, 5.74) is 1.07. The topological polar surface area (TPSA) is 62.5 Å². The Bertz CT molecular complexity index is 710. The Morgan fingerprint density at radius 1 is 1.23 bits per heavy atom. The zero-order valence-electron chi connectivity index (χ0n) is 15.8. The maximum Gasteiger partial charge on any atom is 0.216 e. The molecule has 0 fully saturated rings. The van der Waals surface area contributed by atoms with Crippen LogP contribution in [0.3, 0.4) is 0 Å². The van der Waals surface area contributed by atoms with Crippen LogP contribution >= 0.6 is 35.6 Å². The molecule has 0 radical (unpaired) electrons. The van der Waals surface area contributed by atoms with E-state index in [1.165, 1.54) is 0 Å². The number of aliphatic imine (C=N–C) groups is 1. The molecule has 1 aromatic carbocycles. The third kappa shape index (κ3) is 7.15. The summed E-state index contributed by atoms with van der Waals surface area (Å²) in [5, 5.41) is 7.33. The molecule has 7 heteroatoms. The van der Waals surface area contributed by atoms with E-state index < -0.39 is 0 Å². The van der Waals surface area contributed by atoms with Gasteiger partial charge in [-0.25, -0.2) is 9.98 Å². The first-order chi connectivity index (χ1) is 11.9. The van der Waals surface area contributed by atoms with Gasteiger partial charge in [-0.15, -0.1) is 24.0 Å². The normalized spacial score (nSPS) is 11.8. The minimum atomic E-state index is -0.0489. The quantitative estimate of drug-likeness (QED) is 0.354. The molecule has 5 nitrogen and oxygen atoms in total. The Kier molecular flexibility index (Phi) is 9.43. The van der Waals surface area contributed by atoms with E-state index in [9.17, 15) is 0 Å². The third-order valence-electron chi connectivity index (χ3n) is 3.65. The van der Waals surface area contributed by atoms with Gasteiger partial charge in [-0.2, -0.15) is 0 Å². The molecular weight excluding hydrogens is 463 g/mol. The number of halogens is 2. The van der Waals surface area contributed by atoms with Crippen molar-refractivity contribution < 1.29 is 4.42 Å². The van der Waals surface area contributed by atoms with Crippen molar-refractivity contribution in [2.45, 2.75) is 46.1 Å². The number of hydrogen-bond acceptors (Lipinski definition) is 3. The maximum atomic E-state index is 6.19. The molecule has 2 N–H and O–H groups in total. The number of aromatic nitrogens is 1. The summed E-state index contributed by atoms with van der Waals surface area (Å²) in [6, 6.07) is 7.88. The standard InChI is InChI=1S/C19H27ClN4O.HI/c1-5-21-18(22-11-10-14-8-6-7-9-15(14)20)24-13-17-23-12-16(25-17)19(2,3)4;/h6-9,12H,5,10-11,13H2,1-4H3,(H2,21,22,24);1H. The summed E-state index contributed by atoms with van der Waals surface area (Å²) in [4.78, 5) is 8.85. The van der Waals surface area contributed by atoms with Crippen molar-refractivity contribution in [3.8, 4) is 0 Å². The van der Waals surface area contributed by atoms with Crippen molar-refractivity contribution in [1.82, 2.24) is 15.6 Å². The average molecular weight is 491 g/mol. The SMILES string of the molecule is CCNC(=NCc1ncc(C(C)(C)C)o1)NCCc1ccccc1Cl.I. The van der Waals surface area contributed by atoms with Crippen LogP contribution in [0.4, 0.5) is 0 Å². The highest BCUT2D eigenvalue weighted by Crippen LogP contribution is 2.22. The molecule has 0 saturated heterocycles. The average Bonchev–Trinajstić information content (AvgIpc) is 3.03. The van der Waals surface area contributed by atoms with Crippen molar-refractivity contribution >= 4 is 41.5 Å². The van der Waals surface area contributed by atoms with Gasteiger partial charge in [-0.05, 0) is 25.0 Å². The summed E-state index contributed by atoms with van der Waals surface area (Å²) < 4.78 is 5.77. The van der Waals surface area contributed by atoms with Gasteiger partial charge in [-0.3, -0.25) is 0 Å². The van der Waals surface area contributed by atoms with Crippen LogP contribution in [0.1, 0.15) is 44.9 Å². The fourth-order valence-electron chi connectivity index (χ4n) is 2.24. The lowest BCUT2D eigenvalue weighted by Crippen LogP contribution is -2.38. The lowest BCUT2D eigenvalue weighted by atomic mass is 9.94. The number of rotatable bonds is 6. The maximum absolute atomic E-state index is 6.19. The minimum absolute atomic E-state index is 0. The predicted octanol–water partition coefficient (Wildman–Crippen LogP) is 4.54. The van der Waals surface area contributed by atoms with Crippen LogP contribution in [0, 0.1) is 0 Å². The van der Waals surface area contributed by atoms with E-state index in [2.05, 4.69) is 41.4 Å². The van der Waals surface area contributed by atoms with Crippen LogP contribution in [0.25, 0.3) is 0 Å². The smallest absolute Gasteiger partial charge is 0.216 e. The van der Waals surface area contributed by atoms with E-state index in [1.54, 1.807) is 6.20 Å². The Labute approximate surface area is 178 Å². The second kappa shape index (κ2) is 10.8. The zero-order chi connectivity index (χ0) is 18.3. The van der Waals surface area contributed by atoms with Crippen LogP contribution in [0.5, 0.6) is 0 Å². The summed E-state index contributed by atoms with van der Waals surface area (Å²) in [6.45, 7) is 10.3. The highest BCUT2D eigenvalue weighted by Gasteiger charge is 2.18. The molecule has 0 bridgehead atoms. The van der Waals surface area contributed by atoms with Gasteiger partial charge in [0.2, 0.25) is 5.89 Å². The van der Waals surface area contributed by atoms with Gasteiger partial charge in [0.25, 0.3) is 0 Å². The highest BCUT2D eigenvalue weighted by molar-refractivity contribution is 14.0. The molecule has 0 aliphatic rings. The first-order valence-corrected chi connectivity index (χ1v) is 8.98. The number of nitrogens with zero attached hydrogens (tertiary/aromatic N) is 2. The van der Waals surface area contributed by atoms with E-state index in [1.807, 2.05) is 31.2 Å². The van der Waals surface area contributed by atoms with Gasteiger partial charge in [-0.1, -0.05) is 50.6 Å². The minimum Gasteiger partial charge on any atom is -0.443 e. The Hall–Kier alpha value is -1.28. The van der Waals surface area contributed by atoms with Crippen LogP contribution in [0.2, 0.25) is 5.02 Å². The van der Waals surface area contributed by atoms with Gasteiger partial charge in [0.15, 0.2) is 5.96 Å². The monoisotopic (exact) mass is 490 g/mol. The first-order valence-electron chi connectivity index (χ1n) is 8.61. The van der Waals surface area contributed by atoms with Crippen LogP contribution in [0.15, 0.2) is 39.9 Å². The Morgan fingerprint density at radius 3 is 2.58 bits per heavy atom. The van der Waals surface area contributed by atoms with Crippen molar-refractivity contribution in [1.29, 1.82) is 0 Å². The van der Waals surface area contributed by atoms with Crippen LogP contribution < -0.4 is 10.6 Å². The molecule has 0 atom stereocenters. The molecule has 0 amide bonds. The molecule has 1 aromatic heterocycles. The third-order valence-corrected chi connectivity index (χ3v) is 4.02. The van der Waals surface area contributed by atoms with E-state index in [0.717, 1.165) is 41.8 Å². The summed E-state index contributed by atoms with van der Waals surface area (Å²) in [7, 11) is 0. The summed E-state index contributed by atoms with van der Waals surface area (Å²) >= 11 is 6.19. The largest absolute Gasteiger partial charge is 0.443 e. The second-order valence-corrected chi connectivity index (χ2v) is 7.24. The van der Waals surface area contributed by atoms with Gasteiger partial charge >= 0.3 is 0 Å². The molecule has 0 spiro atoms. The fraction of sp³-hybridized carbons (Fsp3) is 0.474. The second-order valence-electron chi connectivity index (χ2n) is 6.83. The molecule has 0 saturated carbocycles. The lowest BCUT2D eigenvalue weighted by molar-refractivity contribution is 0.383. The summed E-state index contributed by atoms with van der Waals surface area (Å²) in [6.07, 6.45) is 2.61. The number of guanidine groups is 1. The molecule has 2 aromatic rings. The van der Waals surface area contributed by atoms with Crippen molar-refractivity contribution in [2.75, 3.05) is 13.1 Å². The van der Waals surface area contributed by atoms with Gasteiger partial charge < -0.3 is 15.1 Å². The van der Waals surface area contributed by atoms with Crippen molar-refractivity contribution in [2.24, 2.45) is 4.99 Å². The van der Waals surface area contributed by atoms with Gasteiger partial charge in [0, 0.05) is 23.5 Å². The van der Waals surface area contributed by atoms with Gasteiger partial charge in [0.05, 0.1) is 6.20 Å². The molecular formula is C19H28ClIN4O. The number of nitrogens with one attached hydrogen (secondary N) is 2. The molecule has 144 valence electrons. The fourth-order valence-corrected chi connectivity index (χ4v) is 2.47. The van der Waals surface area contributed by atoms with E-state index in [0.29, 0.717) is 12.4 Å². The van der Waals surface area contributed by atoms with Gasteiger partial charge in [0.1, 0.15) is 12.3 Å². The molecule has 26 heavy (non-hydrogen) atoms. The Morgan fingerprint density at radius 2 is 1.96 bits per heavy atom. The predicted molar refractivity (Wildman–Crippen MR) is 119 cm³/mol. The van der Waals surface area contributed by atoms with Crippen molar-refractivity contribution in [3.63, 3.8) is 0 Å². The zero-order valence-corrected chi connectivity index (χ0v) is 18.9. The number of oxazole rings is 1. The Balaban J connectivity index is 0.00000338. The van der Waals surface area contributed by atoms with Crippen LogP contribution in [-0.4, -0.2) is 24.0 Å². The van der Waals surface area contributed by atoms with E-state index >= 15 is 0 Å². The molecule has 1 heterocycles. The van der Waals surface area contributed by atoms with Crippen LogP contribution in [-0.2, 0) is 18.4 Å². The molecule has 2 rings (SSSR count). The van der Waals surface area contributed by atoms with E-state index in [-0.39, 0.29) is 29.4 Å².